The summed E-state index contributed by atoms with van der Waals surface area (Å²) in [5.41, 5.74) is -0.399. The van der Waals surface area contributed by atoms with Crippen molar-refractivity contribution in [2.45, 2.75) is 71.1 Å². The summed E-state index contributed by atoms with van der Waals surface area (Å²) in [5, 5.41) is 7.02. The van der Waals surface area contributed by atoms with Crippen molar-refractivity contribution in [1.29, 1.82) is 0 Å². The summed E-state index contributed by atoms with van der Waals surface area (Å²) < 4.78 is 29.1. The molecule has 1 amide bonds. The Bertz CT molecular complexity index is 1040. The van der Waals surface area contributed by atoms with Crippen LogP contribution < -0.4 is 15.7 Å². The predicted octanol–water partition coefficient (Wildman–Crippen LogP) is 3.10. The molecule has 9 heteroatoms. The number of halogens is 1. The van der Waals surface area contributed by atoms with Crippen molar-refractivity contribution in [3.05, 3.63) is 39.8 Å². The van der Waals surface area contributed by atoms with Crippen LogP contribution >= 0.6 is 0 Å². The number of nitrogens with zero attached hydrogens (tertiary/aromatic N) is 3. The van der Waals surface area contributed by atoms with Gasteiger partial charge < -0.3 is 14.8 Å². The van der Waals surface area contributed by atoms with E-state index in [2.05, 4.69) is 10.4 Å². The molecule has 0 spiro atoms. The Hall–Kier alpha value is -2.68. The molecule has 2 aliphatic rings. The van der Waals surface area contributed by atoms with Crippen LogP contribution in [0, 0.1) is 11.7 Å². The monoisotopic (exact) mass is 446 g/mol. The third-order valence-corrected chi connectivity index (χ3v) is 6.53. The maximum Gasteiger partial charge on any atom is 0.350 e. The van der Waals surface area contributed by atoms with Gasteiger partial charge in [0, 0.05) is 26.0 Å². The highest BCUT2D eigenvalue weighted by Gasteiger charge is 2.28. The number of carbonyl (C=O) groups is 1. The van der Waals surface area contributed by atoms with E-state index in [1.54, 1.807) is 7.05 Å². The Morgan fingerprint density at radius 2 is 2.03 bits per heavy atom. The maximum absolute atomic E-state index is 15.2. The lowest BCUT2D eigenvalue weighted by Gasteiger charge is -2.30. The molecule has 174 valence electrons. The molecule has 0 bridgehead atoms. The average molecular weight is 447 g/mol. The normalized spacial score (nSPS) is 19.9. The van der Waals surface area contributed by atoms with Crippen molar-refractivity contribution in [3.8, 4) is 11.4 Å². The van der Waals surface area contributed by atoms with Gasteiger partial charge in [-0.1, -0.05) is 26.2 Å². The fraction of sp³-hybridized carbons (Fsp3) is 0.609. The third kappa shape index (κ3) is 4.44. The van der Waals surface area contributed by atoms with E-state index < -0.39 is 17.4 Å². The molecule has 1 aromatic heterocycles. The van der Waals surface area contributed by atoms with Gasteiger partial charge in [-0.2, -0.15) is 4.68 Å². The van der Waals surface area contributed by atoms with Crippen LogP contribution in [-0.2, 0) is 18.2 Å². The molecule has 32 heavy (non-hydrogen) atoms. The number of amides is 1. The zero-order valence-electron chi connectivity index (χ0n) is 18.9. The highest BCUT2D eigenvalue weighted by molar-refractivity contribution is 5.97. The quantitative estimate of drug-likeness (QED) is 0.706. The number of aromatic nitrogens is 3. The second kappa shape index (κ2) is 9.44. The van der Waals surface area contributed by atoms with Gasteiger partial charge in [-0.3, -0.25) is 9.36 Å². The molecule has 1 aromatic carbocycles. The third-order valence-electron chi connectivity index (χ3n) is 6.53. The lowest BCUT2D eigenvalue weighted by atomic mass is 9.86. The Balaban J connectivity index is 1.71. The van der Waals surface area contributed by atoms with Crippen LogP contribution in [0.2, 0.25) is 0 Å². The van der Waals surface area contributed by atoms with Crippen LogP contribution in [0.5, 0.6) is 5.75 Å². The summed E-state index contributed by atoms with van der Waals surface area (Å²) in [6.45, 7) is 4.44. The van der Waals surface area contributed by atoms with E-state index in [0.717, 1.165) is 36.4 Å². The van der Waals surface area contributed by atoms with Gasteiger partial charge in [0.2, 0.25) is 0 Å². The number of hydrogen-bond acceptors (Lipinski definition) is 5. The highest BCUT2D eigenvalue weighted by atomic mass is 19.1. The molecule has 1 aliphatic heterocycles. The topological polar surface area (TPSA) is 87.4 Å². The number of rotatable bonds is 7. The standard InChI is InChI=1S/C23H31FN4O4/c1-4-20-26-28(23(30)27(20)3)18-13-19(32-14(2)15-8-6-5-7-9-15)16(12-17(18)24)22(29)25-21-10-11-31-21/h12-15,21H,4-11H2,1-3H3,(H,25,29)/t14-,21?/m0/s1. The first-order chi connectivity index (χ1) is 15.4. The SMILES string of the molecule is CCc1nn(-c2cc(O[C@@H](C)C3CCCCC3)c(C(=O)NC3CCO3)cc2F)c(=O)n1C. The minimum Gasteiger partial charge on any atom is -0.490 e. The molecular formula is C23H31FN4O4. The minimum atomic E-state index is -0.717. The van der Waals surface area contributed by atoms with Crippen molar-refractivity contribution in [2.24, 2.45) is 13.0 Å². The number of benzene rings is 1. The molecule has 1 N–H and O–H groups in total. The van der Waals surface area contributed by atoms with Crippen molar-refractivity contribution in [1.82, 2.24) is 19.7 Å². The Morgan fingerprint density at radius 1 is 1.31 bits per heavy atom. The second-order valence-electron chi connectivity index (χ2n) is 8.67. The van der Waals surface area contributed by atoms with E-state index in [1.165, 1.54) is 17.1 Å². The van der Waals surface area contributed by atoms with Crippen LogP contribution in [0.3, 0.4) is 0 Å². The summed E-state index contributed by atoms with van der Waals surface area (Å²) >= 11 is 0. The van der Waals surface area contributed by atoms with Crippen molar-refractivity contribution < 1.29 is 18.7 Å². The van der Waals surface area contributed by atoms with Gasteiger partial charge >= 0.3 is 5.69 Å². The number of aryl methyl sites for hydroxylation is 1. The van der Waals surface area contributed by atoms with E-state index in [4.69, 9.17) is 9.47 Å². The molecule has 8 nitrogen and oxygen atoms in total. The first kappa shape index (κ1) is 22.5. The molecule has 0 radical (unpaired) electrons. The van der Waals surface area contributed by atoms with E-state index in [0.29, 0.717) is 31.2 Å². The summed E-state index contributed by atoms with van der Waals surface area (Å²) in [4.78, 5) is 25.5. The number of carbonyl (C=O) groups excluding carboxylic acids is 1. The smallest absolute Gasteiger partial charge is 0.350 e. The zero-order valence-corrected chi connectivity index (χ0v) is 18.9. The maximum atomic E-state index is 15.2. The van der Waals surface area contributed by atoms with Crippen LogP contribution in [0.1, 0.15) is 68.6 Å². The van der Waals surface area contributed by atoms with Gasteiger partial charge in [0.15, 0.2) is 0 Å². The number of nitrogens with one attached hydrogen (secondary N) is 1. The Morgan fingerprint density at radius 3 is 2.62 bits per heavy atom. The second-order valence-corrected chi connectivity index (χ2v) is 8.67. The molecule has 2 fully saturated rings. The van der Waals surface area contributed by atoms with E-state index in [-0.39, 0.29) is 29.3 Å². The fourth-order valence-electron chi connectivity index (χ4n) is 4.40. The molecule has 4 rings (SSSR count). The first-order valence-corrected chi connectivity index (χ1v) is 11.5. The van der Waals surface area contributed by atoms with E-state index >= 15 is 4.39 Å². The minimum absolute atomic E-state index is 0.0346. The van der Waals surface area contributed by atoms with Gasteiger partial charge in [0.05, 0.1) is 18.3 Å². The fourth-order valence-corrected chi connectivity index (χ4v) is 4.40. The molecular weight excluding hydrogens is 415 g/mol. The molecule has 2 heterocycles. The molecule has 1 aliphatic carbocycles. The first-order valence-electron chi connectivity index (χ1n) is 11.5. The van der Waals surface area contributed by atoms with Crippen LogP contribution in [0.15, 0.2) is 16.9 Å². The summed E-state index contributed by atoms with van der Waals surface area (Å²) in [6, 6.07) is 2.54. The van der Waals surface area contributed by atoms with Crippen LogP contribution in [-0.4, -0.2) is 39.2 Å². The van der Waals surface area contributed by atoms with Gasteiger partial charge in [-0.15, -0.1) is 5.10 Å². The highest BCUT2D eigenvalue weighted by Crippen LogP contribution is 2.32. The predicted molar refractivity (Wildman–Crippen MR) is 117 cm³/mol. The van der Waals surface area contributed by atoms with Crippen molar-refractivity contribution in [3.63, 3.8) is 0 Å². The van der Waals surface area contributed by atoms with Crippen LogP contribution in [0.25, 0.3) is 5.69 Å². The lowest BCUT2D eigenvalue weighted by Crippen LogP contribution is -2.44. The molecule has 1 unspecified atom stereocenters. The van der Waals surface area contributed by atoms with Gasteiger partial charge in [0.25, 0.3) is 5.91 Å². The van der Waals surface area contributed by atoms with E-state index in [9.17, 15) is 9.59 Å². The van der Waals surface area contributed by atoms with Gasteiger partial charge in [-0.05, 0) is 31.7 Å². The average Bonchev–Trinajstić information content (AvgIpc) is 3.06. The zero-order chi connectivity index (χ0) is 22.8. The largest absolute Gasteiger partial charge is 0.490 e. The Labute approximate surface area is 186 Å². The summed E-state index contributed by atoms with van der Waals surface area (Å²) in [5.74, 6) is -0.0329. The molecule has 2 aromatic rings. The summed E-state index contributed by atoms with van der Waals surface area (Å²) in [7, 11) is 1.60. The molecule has 2 atom stereocenters. The van der Waals surface area contributed by atoms with Gasteiger partial charge in [0.1, 0.15) is 29.3 Å². The van der Waals surface area contributed by atoms with Crippen molar-refractivity contribution >= 4 is 5.91 Å². The summed E-state index contributed by atoms with van der Waals surface area (Å²) in [6.07, 6.45) is 6.38. The van der Waals surface area contributed by atoms with Crippen LogP contribution in [0.4, 0.5) is 4.39 Å². The Kier molecular flexibility index (Phi) is 6.64. The lowest BCUT2D eigenvalue weighted by molar-refractivity contribution is -0.0647. The van der Waals surface area contributed by atoms with Gasteiger partial charge in [-0.25, -0.2) is 9.18 Å². The number of hydrogen-bond donors (Lipinski definition) is 1. The number of ether oxygens (including phenoxy) is 2. The van der Waals surface area contributed by atoms with E-state index in [1.807, 2.05) is 13.8 Å². The molecule has 1 saturated heterocycles. The van der Waals surface area contributed by atoms with Crippen molar-refractivity contribution in [2.75, 3.05) is 6.61 Å². The molecule has 1 saturated carbocycles.